The fraction of sp³-hybridized carbons (Fsp3) is 0.211. The van der Waals surface area contributed by atoms with Crippen LogP contribution in [0.25, 0.3) is 0 Å². The molecule has 2 aromatic carbocycles. The van der Waals surface area contributed by atoms with Gasteiger partial charge in [0.15, 0.2) is 0 Å². The minimum atomic E-state index is -0.484. The number of hydrogen-bond acceptors (Lipinski definition) is 3. The van der Waals surface area contributed by atoms with Crippen LogP contribution in [0.2, 0.25) is 0 Å². The van der Waals surface area contributed by atoms with Gasteiger partial charge < -0.3 is 15.5 Å². The Morgan fingerprint density at radius 3 is 2.19 bits per heavy atom. The highest BCUT2D eigenvalue weighted by Gasteiger charge is 2.35. The van der Waals surface area contributed by atoms with Crippen molar-refractivity contribution in [2.24, 2.45) is 5.92 Å². The summed E-state index contributed by atoms with van der Waals surface area (Å²) in [7, 11) is 0. The van der Waals surface area contributed by atoms with Crippen LogP contribution in [0.3, 0.4) is 0 Å². The van der Waals surface area contributed by atoms with E-state index in [2.05, 4.69) is 10.6 Å². The zero-order chi connectivity index (χ0) is 18.7. The van der Waals surface area contributed by atoms with Gasteiger partial charge in [0, 0.05) is 37.0 Å². The van der Waals surface area contributed by atoms with Crippen LogP contribution in [0.1, 0.15) is 13.3 Å². The van der Waals surface area contributed by atoms with E-state index in [0.717, 1.165) is 0 Å². The molecule has 6 nitrogen and oxygen atoms in total. The van der Waals surface area contributed by atoms with Crippen molar-refractivity contribution < 1.29 is 18.8 Å². The normalized spacial score (nSPS) is 16.5. The average Bonchev–Trinajstić information content (AvgIpc) is 2.99. The van der Waals surface area contributed by atoms with Crippen LogP contribution in [-0.4, -0.2) is 24.3 Å². The van der Waals surface area contributed by atoms with Crippen LogP contribution in [0.4, 0.5) is 21.5 Å². The number of halogens is 1. The molecule has 1 fully saturated rings. The predicted molar refractivity (Wildman–Crippen MR) is 96.2 cm³/mol. The highest BCUT2D eigenvalue weighted by Crippen LogP contribution is 2.27. The Hall–Kier alpha value is -3.22. The van der Waals surface area contributed by atoms with Crippen LogP contribution in [-0.2, 0) is 14.4 Å². The lowest BCUT2D eigenvalue weighted by Gasteiger charge is -2.17. The number of anilines is 3. The quantitative estimate of drug-likeness (QED) is 0.885. The third-order valence-corrected chi connectivity index (χ3v) is 4.11. The number of carbonyl (C=O) groups is 3. The van der Waals surface area contributed by atoms with E-state index in [-0.39, 0.29) is 36.5 Å². The third kappa shape index (κ3) is 4.05. The van der Waals surface area contributed by atoms with Crippen molar-refractivity contribution in [2.75, 3.05) is 22.1 Å². The zero-order valence-electron chi connectivity index (χ0n) is 14.2. The van der Waals surface area contributed by atoms with E-state index in [1.165, 1.54) is 31.2 Å². The highest BCUT2D eigenvalue weighted by atomic mass is 19.1. The molecule has 1 saturated heterocycles. The van der Waals surface area contributed by atoms with Gasteiger partial charge in [-0.15, -0.1) is 0 Å². The van der Waals surface area contributed by atoms with E-state index in [1.54, 1.807) is 29.2 Å². The molecule has 0 bridgehead atoms. The van der Waals surface area contributed by atoms with Crippen molar-refractivity contribution in [3.05, 3.63) is 54.3 Å². The maximum Gasteiger partial charge on any atom is 0.229 e. The van der Waals surface area contributed by atoms with Gasteiger partial charge in [0.25, 0.3) is 0 Å². The van der Waals surface area contributed by atoms with Crippen LogP contribution in [0.5, 0.6) is 0 Å². The number of benzene rings is 2. The predicted octanol–water partition coefficient (Wildman–Crippen LogP) is 2.78. The van der Waals surface area contributed by atoms with Gasteiger partial charge in [-0.2, -0.15) is 0 Å². The summed E-state index contributed by atoms with van der Waals surface area (Å²) in [5, 5.41) is 5.36. The number of amides is 3. The molecule has 0 radical (unpaired) electrons. The van der Waals surface area contributed by atoms with E-state index < -0.39 is 5.92 Å². The minimum Gasteiger partial charge on any atom is -0.326 e. The van der Waals surface area contributed by atoms with Crippen molar-refractivity contribution in [2.45, 2.75) is 13.3 Å². The number of nitrogens with zero attached hydrogens (tertiary/aromatic N) is 1. The van der Waals surface area contributed by atoms with Gasteiger partial charge >= 0.3 is 0 Å². The lowest BCUT2D eigenvalue weighted by molar-refractivity contribution is -0.122. The maximum absolute atomic E-state index is 12.9. The molecular formula is C19H18FN3O3. The molecule has 2 N–H and O–H groups in total. The Labute approximate surface area is 150 Å². The van der Waals surface area contributed by atoms with Gasteiger partial charge in [0.05, 0.1) is 5.92 Å². The van der Waals surface area contributed by atoms with E-state index in [1.807, 2.05) is 0 Å². The first kappa shape index (κ1) is 17.6. The summed E-state index contributed by atoms with van der Waals surface area (Å²) in [6.45, 7) is 1.69. The summed E-state index contributed by atoms with van der Waals surface area (Å²) in [5.74, 6) is -1.46. The number of carbonyl (C=O) groups excluding carboxylic acids is 3. The first-order valence-electron chi connectivity index (χ1n) is 8.17. The van der Waals surface area contributed by atoms with Crippen molar-refractivity contribution in [1.29, 1.82) is 0 Å². The maximum atomic E-state index is 12.9. The molecule has 0 aromatic heterocycles. The van der Waals surface area contributed by atoms with Gasteiger partial charge in [0.2, 0.25) is 17.7 Å². The second-order valence-electron chi connectivity index (χ2n) is 6.13. The lowest BCUT2D eigenvalue weighted by atomic mass is 10.1. The lowest BCUT2D eigenvalue weighted by Crippen LogP contribution is -2.28. The van der Waals surface area contributed by atoms with Gasteiger partial charge in [-0.3, -0.25) is 14.4 Å². The Morgan fingerprint density at radius 1 is 1.00 bits per heavy atom. The largest absolute Gasteiger partial charge is 0.326 e. The Balaban J connectivity index is 1.65. The van der Waals surface area contributed by atoms with Crippen molar-refractivity contribution >= 4 is 34.8 Å². The van der Waals surface area contributed by atoms with Gasteiger partial charge in [-0.25, -0.2) is 4.39 Å². The molecule has 1 aliphatic rings. The molecule has 0 spiro atoms. The molecule has 3 amide bonds. The average molecular weight is 355 g/mol. The Bertz CT molecular complexity index is 834. The highest BCUT2D eigenvalue weighted by molar-refractivity contribution is 6.03. The molecule has 26 heavy (non-hydrogen) atoms. The van der Waals surface area contributed by atoms with E-state index in [9.17, 15) is 18.8 Å². The Kier molecular flexibility index (Phi) is 4.97. The summed E-state index contributed by atoms with van der Waals surface area (Å²) < 4.78 is 12.9. The summed E-state index contributed by atoms with van der Waals surface area (Å²) >= 11 is 0. The zero-order valence-corrected chi connectivity index (χ0v) is 14.2. The molecule has 1 atom stereocenters. The standard InChI is InChI=1S/C19H18FN3O3/c1-12(24)21-15-6-8-17(9-7-15)23-11-13(10-18(23)25)19(26)22-16-4-2-14(20)3-5-16/h2-9,13H,10-11H2,1H3,(H,21,24)(H,22,26). The smallest absolute Gasteiger partial charge is 0.229 e. The fourth-order valence-electron chi connectivity index (χ4n) is 2.84. The number of nitrogens with one attached hydrogen (secondary N) is 2. The summed E-state index contributed by atoms with van der Waals surface area (Å²) in [5.41, 5.74) is 1.79. The molecule has 0 aliphatic carbocycles. The van der Waals surface area contributed by atoms with E-state index in [0.29, 0.717) is 17.1 Å². The number of hydrogen-bond donors (Lipinski definition) is 2. The summed E-state index contributed by atoms with van der Waals surface area (Å²) in [6, 6.07) is 12.3. The minimum absolute atomic E-state index is 0.112. The molecule has 0 saturated carbocycles. The first-order chi connectivity index (χ1) is 12.4. The fourth-order valence-corrected chi connectivity index (χ4v) is 2.84. The van der Waals surface area contributed by atoms with Crippen LogP contribution < -0.4 is 15.5 Å². The molecule has 1 unspecified atom stereocenters. The summed E-state index contributed by atoms with van der Waals surface area (Å²) in [4.78, 5) is 37.2. The Morgan fingerprint density at radius 2 is 1.58 bits per heavy atom. The van der Waals surface area contributed by atoms with E-state index in [4.69, 9.17) is 0 Å². The first-order valence-corrected chi connectivity index (χ1v) is 8.17. The second-order valence-corrected chi connectivity index (χ2v) is 6.13. The van der Waals surface area contributed by atoms with Gasteiger partial charge in [-0.05, 0) is 48.5 Å². The monoisotopic (exact) mass is 355 g/mol. The van der Waals surface area contributed by atoms with Crippen molar-refractivity contribution in [3.8, 4) is 0 Å². The van der Waals surface area contributed by atoms with Crippen molar-refractivity contribution in [3.63, 3.8) is 0 Å². The SMILES string of the molecule is CC(=O)Nc1ccc(N2CC(C(=O)Nc3ccc(F)cc3)CC2=O)cc1. The molecule has 2 aromatic rings. The van der Waals surface area contributed by atoms with Gasteiger partial charge in [0.1, 0.15) is 5.82 Å². The summed E-state index contributed by atoms with van der Waals surface area (Å²) in [6.07, 6.45) is 0.112. The van der Waals surface area contributed by atoms with Crippen LogP contribution in [0, 0.1) is 11.7 Å². The topological polar surface area (TPSA) is 78.5 Å². The molecule has 1 aliphatic heterocycles. The molecule has 134 valence electrons. The molecule has 7 heteroatoms. The van der Waals surface area contributed by atoms with Crippen LogP contribution in [0.15, 0.2) is 48.5 Å². The van der Waals surface area contributed by atoms with Crippen LogP contribution >= 0.6 is 0 Å². The molecule has 1 heterocycles. The van der Waals surface area contributed by atoms with Crippen molar-refractivity contribution in [1.82, 2.24) is 0 Å². The third-order valence-electron chi connectivity index (χ3n) is 4.11. The molecular weight excluding hydrogens is 337 g/mol. The van der Waals surface area contributed by atoms with Gasteiger partial charge in [-0.1, -0.05) is 0 Å². The number of rotatable bonds is 4. The molecule has 3 rings (SSSR count). The van der Waals surface area contributed by atoms with E-state index >= 15 is 0 Å². The second kappa shape index (κ2) is 7.35.